The number of aryl methyl sites for hydroxylation is 2. The maximum Gasteiger partial charge on any atom is 0.227 e. The second-order valence-electron chi connectivity index (χ2n) is 3.33. The van der Waals surface area contributed by atoms with E-state index in [0.29, 0.717) is 5.95 Å². The number of hydrogen-bond acceptors (Lipinski definition) is 4. The van der Waals surface area contributed by atoms with Crippen LogP contribution >= 0.6 is 0 Å². The van der Waals surface area contributed by atoms with E-state index in [0.717, 1.165) is 16.9 Å². The highest BCUT2D eigenvalue weighted by atomic mass is 15.1. The third-order valence-electron chi connectivity index (χ3n) is 2.14. The van der Waals surface area contributed by atoms with Crippen molar-refractivity contribution in [1.29, 1.82) is 0 Å². The van der Waals surface area contributed by atoms with Crippen molar-refractivity contribution in [3.05, 3.63) is 42.0 Å². The van der Waals surface area contributed by atoms with Gasteiger partial charge in [0.15, 0.2) is 0 Å². The lowest BCUT2D eigenvalue weighted by atomic mass is 10.3. The van der Waals surface area contributed by atoms with Crippen LogP contribution in [0.2, 0.25) is 0 Å². The second kappa shape index (κ2) is 4.04. The first-order valence-electron chi connectivity index (χ1n) is 4.73. The molecule has 15 heavy (non-hydrogen) atoms. The summed E-state index contributed by atoms with van der Waals surface area (Å²) >= 11 is 0. The standard InChI is InChI=1S/C11H12N4/c1-8-6-13-11(14-9(8)2)15-10-4-3-5-12-7-10/h3-7H,1-2H3,(H,13,14,15). The van der Waals surface area contributed by atoms with Gasteiger partial charge in [0.25, 0.3) is 0 Å². The summed E-state index contributed by atoms with van der Waals surface area (Å²) in [6.45, 7) is 3.95. The van der Waals surface area contributed by atoms with Crippen molar-refractivity contribution in [2.75, 3.05) is 5.32 Å². The van der Waals surface area contributed by atoms with E-state index in [2.05, 4.69) is 20.3 Å². The zero-order valence-corrected chi connectivity index (χ0v) is 8.73. The maximum atomic E-state index is 4.32. The van der Waals surface area contributed by atoms with E-state index < -0.39 is 0 Å². The Morgan fingerprint density at radius 1 is 1.20 bits per heavy atom. The number of anilines is 2. The quantitative estimate of drug-likeness (QED) is 0.807. The zero-order valence-electron chi connectivity index (χ0n) is 8.73. The number of nitrogens with zero attached hydrogens (tertiary/aromatic N) is 3. The summed E-state index contributed by atoms with van der Waals surface area (Å²) in [6, 6.07) is 3.79. The molecular formula is C11H12N4. The van der Waals surface area contributed by atoms with E-state index in [1.165, 1.54) is 0 Å². The van der Waals surface area contributed by atoms with Crippen molar-refractivity contribution >= 4 is 11.6 Å². The summed E-state index contributed by atoms with van der Waals surface area (Å²) in [7, 11) is 0. The van der Waals surface area contributed by atoms with E-state index in [1.54, 1.807) is 18.6 Å². The number of nitrogens with one attached hydrogen (secondary N) is 1. The van der Waals surface area contributed by atoms with Gasteiger partial charge in [0.05, 0.1) is 11.9 Å². The van der Waals surface area contributed by atoms with Crippen molar-refractivity contribution in [1.82, 2.24) is 15.0 Å². The van der Waals surface area contributed by atoms with Gasteiger partial charge in [-0.3, -0.25) is 4.98 Å². The molecular weight excluding hydrogens is 188 g/mol. The van der Waals surface area contributed by atoms with Crippen LogP contribution in [0.15, 0.2) is 30.7 Å². The molecule has 0 aromatic carbocycles. The average molecular weight is 200 g/mol. The lowest BCUT2D eigenvalue weighted by Crippen LogP contribution is -1.99. The van der Waals surface area contributed by atoms with E-state index in [-0.39, 0.29) is 0 Å². The molecule has 0 fully saturated rings. The van der Waals surface area contributed by atoms with Crippen molar-refractivity contribution in [3.8, 4) is 0 Å². The molecule has 0 unspecified atom stereocenters. The summed E-state index contributed by atoms with van der Waals surface area (Å²) in [5.74, 6) is 0.603. The second-order valence-corrected chi connectivity index (χ2v) is 3.33. The normalized spacial score (nSPS) is 10.0. The Kier molecular flexibility index (Phi) is 2.58. The fraction of sp³-hybridized carbons (Fsp3) is 0.182. The van der Waals surface area contributed by atoms with E-state index in [1.807, 2.05) is 26.0 Å². The van der Waals surface area contributed by atoms with Gasteiger partial charge in [-0.2, -0.15) is 0 Å². The first-order chi connectivity index (χ1) is 7.25. The fourth-order valence-corrected chi connectivity index (χ4v) is 1.15. The van der Waals surface area contributed by atoms with Crippen LogP contribution in [0.3, 0.4) is 0 Å². The molecule has 0 saturated heterocycles. The van der Waals surface area contributed by atoms with Crippen LogP contribution in [-0.2, 0) is 0 Å². The van der Waals surface area contributed by atoms with Crippen LogP contribution in [0.25, 0.3) is 0 Å². The summed E-state index contributed by atoms with van der Waals surface area (Å²) in [6.07, 6.45) is 5.27. The molecule has 0 spiro atoms. The van der Waals surface area contributed by atoms with Gasteiger partial charge in [-0.1, -0.05) is 0 Å². The topological polar surface area (TPSA) is 50.7 Å². The summed E-state index contributed by atoms with van der Waals surface area (Å²) in [5.41, 5.74) is 2.96. The van der Waals surface area contributed by atoms with Gasteiger partial charge < -0.3 is 5.32 Å². The minimum atomic E-state index is 0.603. The van der Waals surface area contributed by atoms with Crippen LogP contribution in [0.5, 0.6) is 0 Å². The Morgan fingerprint density at radius 2 is 2.07 bits per heavy atom. The lowest BCUT2D eigenvalue weighted by Gasteiger charge is -2.05. The SMILES string of the molecule is Cc1cnc(Nc2cccnc2)nc1C. The monoisotopic (exact) mass is 200 g/mol. The van der Waals surface area contributed by atoms with Crippen LogP contribution in [-0.4, -0.2) is 15.0 Å². The molecule has 0 aliphatic rings. The molecule has 0 amide bonds. The Bertz CT molecular complexity index is 453. The van der Waals surface area contributed by atoms with Gasteiger partial charge in [0.1, 0.15) is 0 Å². The Labute approximate surface area is 88.4 Å². The highest BCUT2D eigenvalue weighted by Crippen LogP contribution is 2.11. The van der Waals surface area contributed by atoms with Gasteiger partial charge in [-0.05, 0) is 31.5 Å². The largest absolute Gasteiger partial charge is 0.323 e. The minimum Gasteiger partial charge on any atom is -0.323 e. The average Bonchev–Trinajstić information content (AvgIpc) is 2.25. The van der Waals surface area contributed by atoms with Gasteiger partial charge in [0, 0.05) is 18.1 Å². The van der Waals surface area contributed by atoms with Gasteiger partial charge in [0.2, 0.25) is 5.95 Å². The van der Waals surface area contributed by atoms with Crippen molar-refractivity contribution in [3.63, 3.8) is 0 Å². The number of pyridine rings is 1. The molecule has 2 heterocycles. The third kappa shape index (κ3) is 2.28. The highest BCUT2D eigenvalue weighted by Gasteiger charge is 1.99. The molecule has 76 valence electrons. The number of hydrogen-bond donors (Lipinski definition) is 1. The third-order valence-corrected chi connectivity index (χ3v) is 2.14. The molecule has 0 bridgehead atoms. The first-order valence-corrected chi connectivity index (χ1v) is 4.73. The van der Waals surface area contributed by atoms with Crippen molar-refractivity contribution < 1.29 is 0 Å². The molecule has 0 radical (unpaired) electrons. The predicted octanol–water partition coefficient (Wildman–Crippen LogP) is 2.23. The molecule has 2 aromatic rings. The summed E-state index contributed by atoms with van der Waals surface area (Å²) < 4.78 is 0. The van der Waals surface area contributed by atoms with Gasteiger partial charge >= 0.3 is 0 Å². The van der Waals surface area contributed by atoms with Crippen molar-refractivity contribution in [2.45, 2.75) is 13.8 Å². The molecule has 2 aromatic heterocycles. The lowest BCUT2D eigenvalue weighted by molar-refractivity contribution is 1.07. The van der Waals surface area contributed by atoms with Gasteiger partial charge in [-0.15, -0.1) is 0 Å². The smallest absolute Gasteiger partial charge is 0.227 e. The Hall–Kier alpha value is -1.97. The highest BCUT2D eigenvalue weighted by molar-refractivity contribution is 5.51. The maximum absolute atomic E-state index is 4.32. The molecule has 4 nitrogen and oxygen atoms in total. The van der Waals surface area contributed by atoms with Crippen LogP contribution in [0.1, 0.15) is 11.3 Å². The van der Waals surface area contributed by atoms with E-state index in [9.17, 15) is 0 Å². The summed E-state index contributed by atoms with van der Waals surface area (Å²) in [4.78, 5) is 12.5. The summed E-state index contributed by atoms with van der Waals surface area (Å²) in [5, 5.41) is 3.09. The van der Waals surface area contributed by atoms with Crippen LogP contribution < -0.4 is 5.32 Å². The number of aromatic nitrogens is 3. The predicted molar refractivity (Wildman–Crippen MR) is 59.0 cm³/mol. The minimum absolute atomic E-state index is 0.603. The number of rotatable bonds is 2. The van der Waals surface area contributed by atoms with E-state index in [4.69, 9.17) is 0 Å². The molecule has 0 aliphatic carbocycles. The molecule has 0 atom stereocenters. The van der Waals surface area contributed by atoms with Crippen LogP contribution in [0, 0.1) is 13.8 Å². The molecule has 4 heteroatoms. The first kappa shape index (κ1) is 9.58. The molecule has 1 N–H and O–H groups in total. The molecule has 2 rings (SSSR count). The zero-order chi connectivity index (χ0) is 10.7. The molecule has 0 aliphatic heterocycles. The Balaban J connectivity index is 2.22. The molecule has 0 saturated carbocycles. The van der Waals surface area contributed by atoms with Gasteiger partial charge in [-0.25, -0.2) is 9.97 Å². The fourth-order valence-electron chi connectivity index (χ4n) is 1.15. The van der Waals surface area contributed by atoms with E-state index >= 15 is 0 Å². The van der Waals surface area contributed by atoms with Crippen LogP contribution in [0.4, 0.5) is 11.6 Å². The Morgan fingerprint density at radius 3 is 2.73 bits per heavy atom. The van der Waals surface area contributed by atoms with Crippen molar-refractivity contribution in [2.24, 2.45) is 0 Å².